The van der Waals surface area contributed by atoms with E-state index in [1.807, 2.05) is 12.1 Å². The Hall–Kier alpha value is -3.06. The van der Waals surface area contributed by atoms with Gasteiger partial charge < -0.3 is 15.0 Å². The zero-order valence-electron chi connectivity index (χ0n) is 15.9. The molecule has 1 N–H and O–H groups in total. The van der Waals surface area contributed by atoms with Gasteiger partial charge in [0.15, 0.2) is 0 Å². The molecule has 0 radical (unpaired) electrons. The predicted octanol–water partition coefficient (Wildman–Crippen LogP) is 3.85. The van der Waals surface area contributed by atoms with Crippen LogP contribution in [0.5, 0.6) is 0 Å². The molecule has 6 nitrogen and oxygen atoms in total. The number of methoxy groups -OCH3 is 1. The Balaban J connectivity index is 1.57. The highest BCUT2D eigenvalue weighted by Crippen LogP contribution is 2.38. The number of hydrogen-bond acceptors (Lipinski definition) is 6. The monoisotopic (exact) mass is 379 g/mol. The van der Waals surface area contributed by atoms with Crippen molar-refractivity contribution in [1.82, 2.24) is 15.0 Å². The maximum Gasteiger partial charge on any atom is 0.234 e. The summed E-state index contributed by atoms with van der Waals surface area (Å²) in [6.45, 7) is 3.17. The highest BCUT2D eigenvalue weighted by molar-refractivity contribution is 5.69. The topological polar surface area (TPSA) is 63.2 Å². The number of fused-ring (bicyclic) bond motifs is 1. The number of benzene rings is 2. The van der Waals surface area contributed by atoms with Gasteiger partial charge in [-0.15, -0.1) is 0 Å². The van der Waals surface area contributed by atoms with Gasteiger partial charge in [0.25, 0.3) is 0 Å². The number of aromatic nitrogens is 3. The third kappa shape index (κ3) is 3.66. The van der Waals surface area contributed by atoms with Gasteiger partial charge in [-0.1, -0.05) is 24.3 Å². The summed E-state index contributed by atoms with van der Waals surface area (Å²) in [6, 6.07) is 12.9. The van der Waals surface area contributed by atoms with Crippen LogP contribution in [0.15, 0.2) is 48.8 Å². The fourth-order valence-electron chi connectivity index (χ4n) is 3.62. The van der Waals surface area contributed by atoms with Gasteiger partial charge in [-0.05, 0) is 48.2 Å². The van der Waals surface area contributed by atoms with Crippen LogP contribution in [0.3, 0.4) is 0 Å². The Bertz CT molecular complexity index is 981. The van der Waals surface area contributed by atoms with Crippen LogP contribution in [0.4, 0.5) is 22.0 Å². The van der Waals surface area contributed by atoms with Crippen molar-refractivity contribution in [2.24, 2.45) is 0 Å². The summed E-state index contributed by atoms with van der Waals surface area (Å²) in [5, 5.41) is 3.15. The molecule has 0 saturated carbocycles. The minimum Gasteiger partial charge on any atom is -0.380 e. The highest BCUT2D eigenvalue weighted by atomic mass is 19.1. The minimum absolute atomic E-state index is 0.228. The summed E-state index contributed by atoms with van der Waals surface area (Å²) in [5.41, 5.74) is 4.38. The number of hydrogen-bond donors (Lipinski definition) is 1. The molecule has 2 heterocycles. The molecule has 0 aliphatic carbocycles. The van der Waals surface area contributed by atoms with Crippen molar-refractivity contribution in [3.05, 3.63) is 71.3 Å². The van der Waals surface area contributed by atoms with Crippen molar-refractivity contribution < 1.29 is 9.13 Å². The number of nitrogens with zero attached hydrogens (tertiary/aromatic N) is 4. The average Bonchev–Trinajstić information content (AvgIpc) is 3.04. The Kier molecular flexibility index (Phi) is 5.16. The summed E-state index contributed by atoms with van der Waals surface area (Å²) in [6.07, 6.45) is 2.41. The van der Waals surface area contributed by atoms with Crippen LogP contribution >= 0.6 is 0 Å². The molecule has 1 aliphatic rings. The maximum absolute atomic E-state index is 13.3. The number of rotatable bonds is 6. The molecule has 1 aliphatic heterocycles. The van der Waals surface area contributed by atoms with E-state index in [0.29, 0.717) is 25.0 Å². The maximum atomic E-state index is 13.3. The number of halogens is 1. The average molecular weight is 379 g/mol. The van der Waals surface area contributed by atoms with E-state index in [0.717, 1.165) is 17.7 Å². The lowest BCUT2D eigenvalue weighted by Crippen LogP contribution is -2.26. The first-order valence-electron chi connectivity index (χ1n) is 9.22. The van der Waals surface area contributed by atoms with Crippen LogP contribution in [0.25, 0.3) is 0 Å². The lowest BCUT2D eigenvalue weighted by molar-refractivity contribution is 0.184. The number of ether oxygens (including phenoxy) is 1. The van der Waals surface area contributed by atoms with Gasteiger partial charge in [0.1, 0.15) is 12.1 Å². The fourth-order valence-corrected chi connectivity index (χ4v) is 3.62. The van der Waals surface area contributed by atoms with Crippen molar-refractivity contribution in [3.8, 4) is 0 Å². The van der Waals surface area contributed by atoms with Crippen molar-refractivity contribution in [2.75, 3.05) is 17.3 Å². The molecule has 7 heteroatoms. The van der Waals surface area contributed by atoms with E-state index in [-0.39, 0.29) is 11.9 Å². The van der Waals surface area contributed by atoms with E-state index < -0.39 is 0 Å². The molecule has 1 aromatic heterocycles. The molecule has 1 unspecified atom stereocenters. The van der Waals surface area contributed by atoms with Gasteiger partial charge in [-0.2, -0.15) is 4.98 Å². The predicted molar refractivity (Wildman–Crippen MR) is 106 cm³/mol. The quantitative estimate of drug-likeness (QED) is 0.702. The second-order valence-electron chi connectivity index (χ2n) is 6.86. The van der Waals surface area contributed by atoms with Gasteiger partial charge in [0.2, 0.25) is 11.9 Å². The third-order valence-corrected chi connectivity index (χ3v) is 4.86. The minimum atomic E-state index is -0.259. The summed E-state index contributed by atoms with van der Waals surface area (Å²) < 4.78 is 18.7. The first-order chi connectivity index (χ1) is 13.7. The van der Waals surface area contributed by atoms with E-state index in [4.69, 9.17) is 4.74 Å². The first-order valence-corrected chi connectivity index (χ1v) is 9.22. The number of anilines is 3. The van der Waals surface area contributed by atoms with E-state index in [2.05, 4.69) is 44.2 Å². The summed E-state index contributed by atoms with van der Waals surface area (Å²) in [4.78, 5) is 15.3. The molecule has 28 heavy (non-hydrogen) atoms. The first kappa shape index (κ1) is 18.3. The zero-order chi connectivity index (χ0) is 19.5. The van der Waals surface area contributed by atoms with E-state index in [9.17, 15) is 4.39 Å². The lowest BCUT2D eigenvalue weighted by atomic mass is 10.0. The van der Waals surface area contributed by atoms with Gasteiger partial charge in [-0.3, -0.25) is 0 Å². The summed E-state index contributed by atoms with van der Waals surface area (Å²) in [7, 11) is 1.71. The molecule has 0 fully saturated rings. The van der Waals surface area contributed by atoms with Crippen molar-refractivity contribution >= 4 is 17.6 Å². The smallest absolute Gasteiger partial charge is 0.234 e. The zero-order valence-corrected chi connectivity index (χ0v) is 15.9. The Morgan fingerprint density at radius 2 is 2.07 bits per heavy atom. The highest BCUT2D eigenvalue weighted by Gasteiger charge is 2.30. The van der Waals surface area contributed by atoms with Crippen LogP contribution in [-0.2, 0) is 24.3 Å². The van der Waals surface area contributed by atoms with E-state index in [1.165, 1.54) is 29.6 Å². The molecule has 0 spiro atoms. The molecule has 0 saturated heterocycles. The van der Waals surface area contributed by atoms with Crippen LogP contribution in [-0.4, -0.2) is 28.1 Å². The van der Waals surface area contributed by atoms with Gasteiger partial charge in [-0.25, -0.2) is 14.4 Å². The van der Waals surface area contributed by atoms with E-state index >= 15 is 0 Å². The molecule has 0 amide bonds. The molecule has 144 valence electrons. The molecule has 1 atom stereocenters. The third-order valence-electron chi connectivity index (χ3n) is 4.86. The van der Waals surface area contributed by atoms with Crippen LogP contribution in [0.1, 0.15) is 23.6 Å². The van der Waals surface area contributed by atoms with Gasteiger partial charge in [0.05, 0.1) is 6.61 Å². The lowest BCUT2D eigenvalue weighted by Gasteiger charge is -2.22. The summed E-state index contributed by atoms with van der Waals surface area (Å²) >= 11 is 0. The SMILES string of the molecule is COCc1cccc2c1CC(C)N2c1ncnc(NCc2cccc(F)c2)n1. The van der Waals surface area contributed by atoms with Crippen LogP contribution in [0, 0.1) is 5.82 Å². The largest absolute Gasteiger partial charge is 0.380 e. The number of nitrogens with one attached hydrogen (secondary N) is 1. The standard InChI is InChI=1S/C21H22FN5O/c1-14-9-18-16(12-28-2)6-4-8-19(18)27(14)21-25-13-24-20(26-21)23-11-15-5-3-7-17(22)10-15/h3-8,10,13-14H,9,11-12H2,1-2H3,(H,23,24,25,26). The van der Waals surface area contributed by atoms with Crippen molar-refractivity contribution in [3.63, 3.8) is 0 Å². The molecule has 4 rings (SSSR count). The van der Waals surface area contributed by atoms with Crippen LogP contribution in [0.2, 0.25) is 0 Å². The second kappa shape index (κ2) is 7.90. The van der Waals surface area contributed by atoms with Crippen LogP contribution < -0.4 is 10.2 Å². The molecule has 2 aromatic carbocycles. The van der Waals surface area contributed by atoms with Gasteiger partial charge >= 0.3 is 0 Å². The Morgan fingerprint density at radius 1 is 1.21 bits per heavy atom. The fraction of sp³-hybridized carbons (Fsp3) is 0.286. The Morgan fingerprint density at radius 3 is 2.89 bits per heavy atom. The molecule has 0 bridgehead atoms. The normalized spacial score (nSPS) is 15.5. The van der Waals surface area contributed by atoms with Crippen molar-refractivity contribution in [1.29, 1.82) is 0 Å². The summed E-state index contributed by atoms with van der Waals surface area (Å²) in [5.74, 6) is 0.797. The van der Waals surface area contributed by atoms with Gasteiger partial charge in [0, 0.05) is 25.4 Å². The molecular weight excluding hydrogens is 357 g/mol. The molecular formula is C21H22FN5O. The Labute approximate surface area is 163 Å². The molecule has 3 aromatic rings. The van der Waals surface area contributed by atoms with Crippen molar-refractivity contribution in [2.45, 2.75) is 32.5 Å². The second-order valence-corrected chi connectivity index (χ2v) is 6.86. The van der Waals surface area contributed by atoms with E-state index in [1.54, 1.807) is 13.2 Å².